The molecule has 11 aromatic rings. The van der Waals surface area contributed by atoms with Crippen LogP contribution in [-0.2, 0) is 0 Å². The Labute approximate surface area is 403 Å². The lowest BCUT2D eigenvalue weighted by Gasteiger charge is -2.29. The van der Waals surface area contributed by atoms with Gasteiger partial charge in [-0.15, -0.1) is 0 Å². The Balaban J connectivity index is 1.21. The van der Waals surface area contributed by atoms with Gasteiger partial charge in [-0.3, -0.25) is 0 Å². The second kappa shape index (κ2) is 17.3. The molecule has 0 heterocycles. The van der Waals surface area contributed by atoms with Crippen molar-refractivity contribution in [2.75, 3.05) is 9.80 Å². The van der Waals surface area contributed by atoms with E-state index in [1.807, 2.05) is 0 Å². The number of anilines is 6. The van der Waals surface area contributed by atoms with Crippen molar-refractivity contribution in [2.45, 2.75) is 39.3 Å². The number of benzene rings is 11. The van der Waals surface area contributed by atoms with Gasteiger partial charge >= 0.3 is 0 Å². The first-order valence-electron chi connectivity index (χ1n) is 23.9. The molecule has 330 valence electrons. The minimum absolute atomic E-state index is 1.12. The Morgan fingerprint density at radius 1 is 0.265 bits per heavy atom. The molecule has 0 fully saturated rings. The van der Waals surface area contributed by atoms with Gasteiger partial charge in [0.25, 0.3) is 0 Å². The molecular formula is C64H56N2Si2. The number of fused-ring (bicyclic) bond motifs is 4. The molecule has 0 spiro atoms. The summed E-state index contributed by atoms with van der Waals surface area (Å²) in [7, 11) is -3.06. The van der Waals surface area contributed by atoms with Crippen LogP contribution in [0.2, 0.25) is 39.3 Å². The maximum Gasteiger partial charge on any atom is 0.0775 e. The third-order valence-electron chi connectivity index (χ3n) is 13.7. The van der Waals surface area contributed by atoms with Crippen LogP contribution in [0.5, 0.6) is 0 Å². The molecule has 2 nitrogen and oxygen atoms in total. The smallest absolute Gasteiger partial charge is 0.0775 e. The van der Waals surface area contributed by atoms with Crippen molar-refractivity contribution in [1.82, 2.24) is 0 Å². The van der Waals surface area contributed by atoms with E-state index in [0.29, 0.717) is 0 Å². The van der Waals surface area contributed by atoms with Crippen molar-refractivity contribution in [3.8, 4) is 22.3 Å². The van der Waals surface area contributed by atoms with Crippen LogP contribution in [0.15, 0.2) is 231 Å². The molecule has 0 aliphatic rings. The van der Waals surface area contributed by atoms with Gasteiger partial charge in [-0.25, -0.2) is 0 Å². The SMILES string of the molecule is C[Si](C)(C)c1ccc(N(c2ccc3c(-c4ccccc4)c4cc(N(c5ccc([Si](C)(C)C)cc5)c5cccc6ccccc56)ccc4c(-c4ccccc4)c3c2)c2cccc3ccccc23)cc1. The molecule has 0 radical (unpaired) electrons. The highest BCUT2D eigenvalue weighted by atomic mass is 28.3. The predicted molar refractivity (Wildman–Crippen MR) is 303 cm³/mol. The standard InChI is InChI=1S/C64H56N2Si2/c1-67(2,3)53-37-31-49(32-38-53)65(61-29-17-25-45-19-13-15-27-55(45)61)51-35-41-57-59(43-51)63(47-21-9-7-10-22-47)58-42-36-52(44-60(58)64(57)48-23-11-8-12-24-48)66(50-33-39-54(40-34-50)68(4,5)6)62-30-18-26-46-20-14-16-28-56(46)62/h7-44H,1-6H3. The van der Waals surface area contributed by atoms with Gasteiger partial charge in [0.2, 0.25) is 0 Å². The van der Waals surface area contributed by atoms with Gasteiger partial charge in [0.05, 0.1) is 27.5 Å². The molecule has 0 aliphatic heterocycles. The molecule has 0 aliphatic carbocycles. The summed E-state index contributed by atoms with van der Waals surface area (Å²) in [4.78, 5) is 4.94. The Bertz CT molecular complexity index is 3370. The summed E-state index contributed by atoms with van der Waals surface area (Å²) in [5.41, 5.74) is 11.7. The van der Waals surface area contributed by atoms with Gasteiger partial charge in [-0.2, -0.15) is 0 Å². The van der Waals surface area contributed by atoms with Crippen LogP contribution in [0.4, 0.5) is 34.1 Å². The van der Waals surface area contributed by atoms with Crippen molar-refractivity contribution in [3.63, 3.8) is 0 Å². The van der Waals surface area contributed by atoms with E-state index in [0.717, 1.165) is 34.1 Å². The molecular weight excluding hydrogens is 853 g/mol. The van der Waals surface area contributed by atoms with E-state index in [1.54, 1.807) is 0 Å². The van der Waals surface area contributed by atoms with E-state index in [-0.39, 0.29) is 0 Å². The molecule has 0 amide bonds. The molecule has 0 unspecified atom stereocenters. The van der Waals surface area contributed by atoms with E-state index in [4.69, 9.17) is 0 Å². The minimum atomic E-state index is -1.53. The van der Waals surface area contributed by atoms with Gasteiger partial charge in [-0.1, -0.05) is 220 Å². The molecule has 11 rings (SSSR count). The average molecular weight is 909 g/mol. The predicted octanol–water partition coefficient (Wildman–Crippen LogP) is 17.7. The second-order valence-corrected chi connectivity index (χ2v) is 30.4. The summed E-state index contributed by atoms with van der Waals surface area (Å²) >= 11 is 0. The minimum Gasteiger partial charge on any atom is -0.310 e. The van der Waals surface area contributed by atoms with Crippen molar-refractivity contribution < 1.29 is 0 Å². The third-order valence-corrected chi connectivity index (χ3v) is 17.9. The zero-order valence-corrected chi connectivity index (χ0v) is 41.8. The normalized spacial score (nSPS) is 12.0. The van der Waals surface area contributed by atoms with E-state index in [2.05, 4.69) is 280 Å². The molecule has 0 atom stereocenters. The monoisotopic (exact) mass is 908 g/mol. The quantitative estimate of drug-likeness (QED) is 0.0996. The molecule has 0 N–H and O–H groups in total. The Kier molecular flexibility index (Phi) is 11.0. The molecule has 68 heavy (non-hydrogen) atoms. The third kappa shape index (κ3) is 7.90. The van der Waals surface area contributed by atoms with Crippen molar-refractivity contribution in [1.29, 1.82) is 0 Å². The summed E-state index contributed by atoms with van der Waals surface area (Å²) in [6, 6.07) is 86.0. The van der Waals surface area contributed by atoms with Crippen molar-refractivity contribution in [2.24, 2.45) is 0 Å². The Morgan fingerprint density at radius 3 is 0.985 bits per heavy atom. The molecule has 4 heteroatoms. The highest BCUT2D eigenvalue weighted by molar-refractivity contribution is 6.89. The van der Waals surface area contributed by atoms with Gasteiger partial charge in [0, 0.05) is 33.5 Å². The largest absolute Gasteiger partial charge is 0.310 e. The molecule has 0 saturated carbocycles. The number of rotatable bonds is 10. The lowest BCUT2D eigenvalue weighted by atomic mass is 9.85. The summed E-state index contributed by atoms with van der Waals surface area (Å²) < 4.78 is 0. The van der Waals surface area contributed by atoms with E-state index in [9.17, 15) is 0 Å². The first-order valence-corrected chi connectivity index (χ1v) is 30.9. The van der Waals surface area contributed by atoms with Crippen LogP contribution in [0.1, 0.15) is 0 Å². The fourth-order valence-electron chi connectivity index (χ4n) is 10.2. The molecule has 0 saturated heterocycles. The average Bonchev–Trinajstić information content (AvgIpc) is 3.36. The lowest BCUT2D eigenvalue weighted by Crippen LogP contribution is -2.37. The Morgan fingerprint density at radius 2 is 0.603 bits per heavy atom. The maximum absolute atomic E-state index is 2.47. The van der Waals surface area contributed by atoms with Crippen LogP contribution in [0.3, 0.4) is 0 Å². The molecule has 0 aromatic heterocycles. The van der Waals surface area contributed by atoms with Crippen LogP contribution in [0, 0.1) is 0 Å². The number of nitrogens with zero attached hydrogens (tertiary/aromatic N) is 2. The zero-order chi connectivity index (χ0) is 46.6. The van der Waals surface area contributed by atoms with E-state index in [1.165, 1.54) is 75.7 Å². The van der Waals surface area contributed by atoms with Crippen LogP contribution < -0.4 is 20.2 Å². The molecule has 0 bridgehead atoms. The number of hydrogen-bond donors (Lipinski definition) is 0. The lowest BCUT2D eigenvalue weighted by molar-refractivity contribution is 1.30. The Hall–Kier alpha value is -7.51. The van der Waals surface area contributed by atoms with Gasteiger partial charge in [0.1, 0.15) is 0 Å². The van der Waals surface area contributed by atoms with Crippen LogP contribution in [-0.4, -0.2) is 16.1 Å². The first-order chi connectivity index (χ1) is 33.0. The second-order valence-electron chi connectivity index (χ2n) is 20.2. The van der Waals surface area contributed by atoms with Crippen LogP contribution >= 0.6 is 0 Å². The molecule has 11 aromatic carbocycles. The highest BCUT2D eigenvalue weighted by Gasteiger charge is 2.25. The zero-order valence-electron chi connectivity index (χ0n) is 39.8. The fourth-order valence-corrected chi connectivity index (χ4v) is 12.5. The van der Waals surface area contributed by atoms with Crippen molar-refractivity contribution in [3.05, 3.63) is 231 Å². The van der Waals surface area contributed by atoms with Crippen LogP contribution in [0.25, 0.3) is 65.3 Å². The van der Waals surface area contributed by atoms with Gasteiger partial charge in [0.15, 0.2) is 0 Å². The summed E-state index contributed by atoms with van der Waals surface area (Å²) in [5, 5.41) is 12.6. The maximum atomic E-state index is 2.47. The highest BCUT2D eigenvalue weighted by Crippen LogP contribution is 2.49. The van der Waals surface area contributed by atoms with E-state index < -0.39 is 16.1 Å². The van der Waals surface area contributed by atoms with Gasteiger partial charge in [-0.05, 0) is 115 Å². The fraction of sp³-hybridized carbons (Fsp3) is 0.0938. The van der Waals surface area contributed by atoms with Crippen molar-refractivity contribution >= 4 is 104 Å². The summed E-state index contributed by atoms with van der Waals surface area (Å²) in [6.07, 6.45) is 0. The van der Waals surface area contributed by atoms with Gasteiger partial charge < -0.3 is 9.80 Å². The topological polar surface area (TPSA) is 6.48 Å². The van der Waals surface area contributed by atoms with E-state index >= 15 is 0 Å². The summed E-state index contributed by atoms with van der Waals surface area (Å²) in [5.74, 6) is 0. The number of hydrogen-bond acceptors (Lipinski definition) is 2. The first kappa shape index (κ1) is 43.1. The summed E-state index contributed by atoms with van der Waals surface area (Å²) in [6.45, 7) is 14.5.